The van der Waals surface area contributed by atoms with Crippen molar-refractivity contribution in [1.82, 2.24) is 4.90 Å². The number of hydrogen-bond donors (Lipinski definition) is 1. The van der Waals surface area contributed by atoms with Gasteiger partial charge in [0.25, 0.3) is 0 Å². The highest BCUT2D eigenvalue weighted by atomic mass is 16.3. The van der Waals surface area contributed by atoms with Crippen LogP contribution in [0.4, 0.5) is 0 Å². The standard InChI is InChI=1S/C17H35NO/c1-4-6-7-8-10-13-16(19)17(3,5-2)18-14-11-9-12-15-18/h16,19H,4-15H2,1-3H3. The number of rotatable bonds is 9. The van der Waals surface area contributed by atoms with E-state index in [-0.39, 0.29) is 11.6 Å². The maximum Gasteiger partial charge on any atom is 0.0721 e. The lowest BCUT2D eigenvalue weighted by atomic mass is 9.85. The molecule has 2 unspecified atom stereocenters. The summed E-state index contributed by atoms with van der Waals surface area (Å²) in [4.78, 5) is 2.55. The number of unbranched alkanes of at least 4 members (excludes halogenated alkanes) is 4. The van der Waals surface area contributed by atoms with Crippen LogP contribution in [-0.4, -0.2) is 34.7 Å². The summed E-state index contributed by atoms with van der Waals surface area (Å²) < 4.78 is 0. The Hall–Kier alpha value is -0.0800. The average Bonchev–Trinajstić information content (AvgIpc) is 2.46. The van der Waals surface area contributed by atoms with E-state index in [2.05, 4.69) is 25.7 Å². The van der Waals surface area contributed by atoms with Crippen molar-refractivity contribution in [1.29, 1.82) is 0 Å². The van der Waals surface area contributed by atoms with E-state index in [0.29, 0.717) is 0 Å². The summed E-state index contributed by atoms with van der Waals surface area (Å²) in [6.07, 6.45) is 12.3. The van der Waals surface area contributed by atoms with Gasteiger partial charge < -0.3 is 5.11 Å². The molecular weight excluding hydrogens is 234 g/mol. The monoisotopic (exact) mass is 269 g/mol. The molecule has 0 spiro atoms. The Labute approximate surface area is 120 Å². The second-order valence-corrected chi connectivity index (χ2v) is 6.48. The van der Waals surface area contributed by atoms with Crippen LogP contribution in [0.15, 0.2) is 0 Å². The quantitative estimate of drug-likeness (QED) is 0.629. The van der Waals surface area contributed by atoms with Crippen LogP contribution in [0.1, 0.15) is 85.0 Å². The summed E-state index contributed by atoms with van der Waals surface area (Å²) in [5, 5.41) is 10.6. The van der Waals surface area contributed by atoms with Crippen LogP contribution in [0.2, 0.25) is 0 Å². The van der Waals surface area contributed by atoms with Gasteiger partial charge >= 0.3 is 0 Å². The minimum Gasteiger partial charge on any atom is -0.391 e. The number of nitrogens with zero attached hydrogens (tertiary/aromatic N) is 1. The molecule has 1 saturated heterocycles. The normalized spacial score (nSPS) is 22.1. The lowest BCUT2D eigenvalue weighted by molar-refractivity contribution is -0.0379. The molecule has 114 valence electrons. The molecule has 0 aromatic carbocycles. The van der Waals surface area contributed by atoms with Crippen molar-refractivity contribution in [2.24, 2.45) is 0 Å². The zero-order valence-electron chi connectivity index (χ0n) is 13.5. The van der Waals surface area contributed by atoms with Crippen molar-refractivity contribution in [3.05, 3.63) is 0 Å². The Bertz CT molecular complexity index is 225. The molecule has 1 heterocycles. The number of aliphatic hydroxyl groups is 1. The molecule has 2 heteroatoms. The zero-order valence-corrected chi connectivity index (χ0v) is 13.5. The Morgan fingerprint density at radius 1 is 1.00 bits per heavy atom. The smallest absolute Gasteiger partial charge is 0.0721 e. The molecule has 19 heavy (non-hydrogen) atoms. The third-order valence-corrected chi connectivity index (χ3v) is 5.09. The van der Waals surface area contributed by atoms with E-state index in [0.717, 1.165) is 12.8 Å². The van der Waals surface area contributed by atoms with Gasteiger partial charge in [-0.25, -0.2) is 0 Å². The van der Waals surface area contributed by atoms with Gasteiger partial charge in [0.15, 0.2) is 0 Å². The molecule has 0 aliphatic carbocycles. The van der Waals surface area contributed by atoms with E-state index in [1.165, 1.54) is 64.5 Å². The minimum absolute atomic E-state index is 0.00514. The molecule has 1 fully saturated rings. The average molecular weight is 269 g/mol. The van der Waals surface area contributed by atoms with Crippen molar-refractivity contribution in [2.45, 2.75) is 96.6 Å². The Morgan fingerprint density at radius 3 is 2.21 bits per heavy atom. The molecule has 1 aliphatic heterocycles. The molecule has 0 aromatic heterocycles. The molecule has 1 aliphatic rings. The lowest BCUT2D eigenvalue weighted by Gasteiger charge is -2.46. The van der Waals surface area contributed by atoms with Crippen molar-refractivity contribution in [3.63, 3.8) is 0 Å². The lowest BCUT2D eigenvalue weighted by Crippen LogP contribution is -2.55. The second-order valence-electron chi connectivity index (χ2n) is 6.48. The van der Waals surface area contributed by atoms with Gasteiger partial charge in [-0.3, -0.25) is 4.90 Å². The van der Waals surface area contributed by atoms with Gasteiger partial charge in [-0.15, -0.1) is 0 Å². The molecule has 0 radical (unpaired) electrons. The number of hydrogen-bond acceptors (Lipinski definition) is 2. The summed E-state index contributed by atoms with van der Waals surface area (Å²) in [7, 11) is 0. The van der Waals surface area contributed by atoms with Crippen molar-refractivity contribution in [2.75, 3.05) is 13.1 Å². The van der Waals surface area contributed by atoms with Crippen LogP contribution in [0.25, 0.3) is 0 Å². The minimum atomic E-state index is -0.155. The van der Waals surface area contributed by atoms with Gasteiger partial charge in [-0.2, -0.15) is 0 Å². The fraction of sp³-hybridized carbons (Fsp3) is 1.00. The predicted molar refractivity (Wildman–Crippen MR) is 83.5 cm³/mol. The number of likely N-dealkylation sites (tertiary alicyclic amines) is 1. The number of piperidine rings is 1. The van der Waals surface area contributed by atoms with Crippen molar-refractivity contribution >= 4 is 0 Å². The van der Waals surface area contributed by atoms with E-state index in [9.17, 15) is 5.11 Å². The van der Waals surface area contributed by atoms with Gasteiger partial charge in [-0.05, 0) is 45.7 Å². The van der Waals surface area contributed by atoms with E-state index in [1.807, 2.05) is 0 Å². The van der Waals surface area contributed by atoms with Crippen molar-refractivity contribution < 1.29 is 5.11 Å². The van der Waals surface area contributed by atoms with Crippen LogP contribution in [0.5, 0.6) is 0 Å². The molecule has 2 nitrogen and oxygen atoms in total. The highest BCUT2D eigenvalue weighted by molar-refractivity contribution is 4.93. The van der Waals surface area contributed by atoms with Gasteiger partial charge in [0.1, 0.15) is 0 Å². The summed E-state index contributed by atoms with van der Waals surface area (Å²) in [5.74, 6) is 0. The Kier molecular flexibility index (Phi) is 8.01. The van der Waals surface area contributed by atoms with E-state index >= 15 is 0 Å². The number of aliphatic hydroxyl groups excluding tert-OH is 1. The first-order valence-electron chi connectivity index (χ1n) is 8.58. The first-order chi connectivity index (χ1) is 9.15. The van der Waals surface area contributed by atoms with Crippen LogP contribution in [0.3, 0.4) is 0 Å². The first kappa shape index (κ1) is 17.0. The Morgan fingerprint density at radius 2 is 1.63 bits per heavy atom. The van der Waals surface area contributed by atoms with Crippen LogP contribution >= 0.6 is 0 Å². The first-order valence-corrected chi connectivity index (χ1v) is 8.58. The molecule has 2 atom stereocenters. The third-order valence-electron chi connectivity index (χ3n) is 5.09. The molecule has 1 N–H and O–H groups in total. The van der Waals surface area contributed by atoms with Crippen LogP contribution in [-0.2, 0) is 0 Å². The van der Waals surface area contributed by atoms with E-state index in [1.54, 1.807) is 0 Å². The Balaban J connectivity index is 2.38. The molecule has 0 bridgehead atoms. The van der Waals surface area contributed by atoms with Crippen LogP contribution in [0, 0.1) is 0 Å². The zero-order chi connectivity index (χ0) is 14.1. The maximum atomic E-state index is 10.6. The predicted octanol–water partition coefficient (Wildman–Crippen LogP) is 4.36. The third kappa shape index (κ3) is 5.07. The van der Waals surface area contributed by atoms with E-state index in [4.69, 9.17) is 0 Å². The van der Waals surface area contributed by atoms with Crippen LogP contribution < -0.4 is 0 Å². The maximum absolute atomic E-state index is 10.6. The van der Waals surface area contributed by atoms with Gasteiger partial charge in [0.05, 0.1) is 6.10 Å². The molecular formula is C17H35NO. The topological polar surface area (TPSA) is 23.5 Å². The van der Waals surface area contributed by atoms with Gasteiger partial charge in [0, 0.05) is 5.54 Å². The fourth-order valence-electron chi connectivity index (χ4n) is 3.33. The summed E-state index contributed by atoms with van der Waals surface area (Å²) >= 11 is 0. The molecule has 0 amide bonds. The molecule has 1 rings (SSSR count). The van der Waals surface area contributed by atoms with E-state index < -0.39 is 0 Å². The van der Waals surface area contributed by atoms with Gasteiger partial charge in [-0.1, -0.05) is 52.4 Å². The molecule has 0 saturated carbocycles. The second kappa shape index (κ2) is 8.97. The summed E-state index contributed by atoms with van der Waals surface area (Å²) in [6.45, 7) is 9.11. The summed E-state index contributed by atoms with van der Waals surface area (Å²) in [6, 6.07) is 0. The van der Waals surface area contributed by atoms with Crippen molar-refractivity contribution in [3.8, 4) is 0 Å². The fourth-order valence-corrected chi connectivity index (χ4v) is 3.33. The molecule has 0 aromatic rings. The SMILES string of the molecule is CCCCCCCC(O)C(C)(CC)N1CCCCC1. The summed E-state index contributed by atoms with van der Waals surface area (Å²) in [5.41, 5.74) is 0.00514. The highest BCUT2D eigenvalue weighted by Gasteiger charge is 2.37. The largest absolute Gasteiger partial charge is 0.391 e. The highest BCUT2D eigenvalue weighted by Crippen LogP contribution is 2.29. The van der Waals surface area contributed by atoms with Gasteiger partial charge in [0.2, 0.25) is 0 Å².